The van der Waals surface area contributed by atoms with E-state index in [0.717, 1.165) is 5.56 Å². The van der Waals surface area contributed by atoms with Crippen LogP contribution in [0.2, 0.25) is 0 Å². The summed E-state index contributed by atoms with van der Waals surface area (Å²) in [5, 5.41) is 18.2. The van der Waals surface area contributed by atoms with E-state index in [2.05, 4.69) is 35.5 Å². The van der Waals surface area contributed by atoms with E-state index < -0.39 is 5.17 Å². The molecule has 0 atom stereocenters. The topological polar surface area (TPSA) is 78.5 Å². The largest absolute Gasteiger partial charge is 0.487 e. The average Bonchev–Trinajstić information content (AvgIpc) is 2.15. The molecule has 0 aromatic heterocycles. The van der Waals surface area contributed by atoms with E-state index in [-0.39, 0.29) is 12.6 Å². The minimum atomic E-state index is -0.500. The standard InChI is InChI=1S/C8H9NOS.CH3NOS.CH4/c10-8(11)9-6-7-4-2-1-3-5-7;2-1(3)4;/h1-5H,6H2,(H2,9,10,11);(H3,2,3,4);1H4. The molecule has 0 saturated heterocycles. The van der Waals surface area contributed by atoms with Crippen molar-refractivity contribution in [2.24, 2.45) is 5.73 Å². The number of hydrogen-bond donors (Lipinski definition) is 4. The van der Waals surface area contributed by atoms with E-state index in [1.165, 1.54) is 0 Å². The molecule has 0 aliphatic carbocycles. The molecule has 0 fully saturated rings. The summed E-state index contributed by atoms with van der Waals surface area (Å²) in [6, 6.07) is 9.76. The Morgan fingerprint density at radius 1 is 1.19 bits per heavy atom. The van der Waals surface area contributed by atoms with Gasteiger partial charge in [0.25, 0.3) is 10.3 Å². The highest BCUT2D eigenvalue weighted by Crippen LogP contribution is 1.96. The van der Waals surface area contributed by atoms with Crippen molar-refractivity contribution in [1.29, 1.82) is 0 Å². The van der Waals surface area contributed by atoms with Gasteiger partial charge in [-0.05, 0) is 30.0 Å². The molecule has 0 aliphatic heterocycles. The Morgan fingerprint density at radius 2 is 1.62 bits per heavy atom. The second kappa shape index (κ2) is 10.1. The molecule has 0 heterocycles. The van der Waals surface area contributed by atoms with Crippen LogP contribution in [0.1, 0.15) is 13.0 Å². The molecule has 6 heteroatoms. The van der Waals surface area contributed by atoms with Crippen LogP contribution in [0.25, 0.3) is 0 Å². The van der Waals surface area contributed by atoms with Crippen molar-refractivity contribution in [3.8, 4) is 0 Å². The highest BCUT2D eigenvalue weighted by molar-refractivity contribution is 7.80. The molecule has 16 heavy (non-hydrogen) atoms. The van der Waals surface area contributed by atoms with Crippen LogP contribution in [0.3, 0.4) is 0 Å². The van der Waals surface area contributed by atoms with E-state index in [9.17, 15) is 0 Å². The summed E-state index contributed by atoms with van der Waals surface area (Å²) < 4.78 is 0. The number of nitrogens with one attached hydrogen (secondary N) is 1. The molecule has 0 amide bonds. The van der Waals surface area contributed by atoms with Gasteiger partial charge in [-0.2, -0.15) is 0 Å². The molecule has 0 aliphatic rings. The van der Waals surface area contributed by atoms with E-state index in [1.54, 1.807) is 0 Å². The molecule has 1 aromatic rings. The van der Waals surface area contributed by atoms with Crippen molar-refractivity contribution < 1.29 is 10.2 Å². The van der Waals surface area contributed by atoms with Crippen molar-refractivity contribution in [2.75, 3.05) is 0 Å². The first-order valence-electron chi connectivity index (χ1n) is 4.01. The van der Waals surface area contributed by atoms with Crippen LogP contribution in [-0.4, -0.2) is 20.6 Å². The van der Waals surface area contributed by atoms with Crippen LogP contribution >= 0.6 is 24.4 Å². The van der Waals surface area contributed by atoms with E-state index >= 15 is 0 Å². The smallest absolute Gasteiger partial charge is 0.254 e. The zero-order chi connectivity index (χ0) is 11.7. The predicted molar refractivity (Wildman–Crippen MR) is 74.7 cm³/mol. The minimum absolute atomic E-state index is 0. The Kier molecular flexibility index (Phi) is 10.8. The molecule has 0 saturated carbocycles. The lowest BCUT2D eigenvalue weighted by molar-refractivity contribution is 0.530. The van der Waals surface area contributed by atoms with Gasteiger partial charge in [-0.25, -0.2) is 0 Å². The third-order valence-corrected chi connectivity index (χ3v) is 1.43. The van der Waals surface area contributed by atoms with Gasteiger partial charge < -0.3 is 21.3 Å². The minimum Gasteiger partial charge on any atom is -0.487 e. The Bertz CT molecular complexity index is 314. The number of thiocarbonyl (C=S) groups is 2. The van der Waals surface area contributed by atoms with Gasteiger partial charge in [-0.3, -0.25) is 0 Å². The number of nitrogens with two attached hydrogens (primary N) is 1. The lowest BCUT2D eigenvalue weighted by Gasteiger charge is -2.00. The molecule has 0 bridgehead atoms. The zero-order valence-electron chi connectivity index (χ0n) is 7.88. The number of rotatable bonds is 2. The molecule has 1 aromatic carbocycles. The molecule has 1 rings (SSSR count). The molecular formula is C10H16N2O2S2. The molecule has 0 radical (unpaired) electrons. The fraction of sp³-hybridized carbons (Fsp3) is 0.200. The number of benzene rings is 1. The van der Waals surface area contributed by atoms with Gasteiger partial charge in [-0.1, -0.05) is 37.8 Å². The number of aliphatic hydroxyl groups is 2. The van der Waals surface area contributed by atoms with Crippen molar-refractivity contribution in [2.45, 2.75) is 14.0 Å². The SMILES string of the molecule is C.NC(O)=S.OC(=S)NCc1ccccc1. The van der Waals surface area contributed by atoms with E-state index in [0.29, 0.717) is 6.54 Å². The summed E-state index contributed by atoms with van der Waals surface area (Å²) >= 11 is 8.31. The van der Waals surface area contributed by atoms with Gasteiger partial charge in [0.1, 0.15) is 0 Å². The molecule has 90 valence electrons. The van der Waals surface area contributed by atoms with Crippen molar-refractivity contribution in [3.05, 3.63) is 35.9 Å². The lowest BCUT2D eigenvalue weighted by Crippen LogP contribution is -2.19. The third kappa shape index (κ3) is 12.6. The Hall–Kier alpha value is -1.40. The second-order valence-corrected chi connectivity index (χ2v) is 3.29. The van der Waals surface area contributed by atoms with Crippen LogP contribution in [-0.2, 0) is 6.54 Å². The van der Waals surface area contributed by atoms with E-state index in [1.807, 2.05) is 30.3 Å². The third-order valence-electron chi connectivity index (χ3n) is 1.29. The first kappa shape index (κ1) is 17.0. The summed E-state index contributed by atoms with van der Waals surface area (Å²) in [4.78, 5) is 0. The summed E-state index contributed by atoms with van der Waals surface area (Å²) in [7, 11) is 0. The van der Waals surface area contributed by atoms with Crippen LogP contribution in [0.4, 0.5) is 0 Å². The van der Waals surface area contributed by atoms with Gasteiger partial charge in [0.05, 0.1) is 0 Å². The van der Waals surface area contributed by atoms with Gasteiger partial charge in [0.15, 0.2) is 0 Å². The highest BCUT2D eigenvalue weighted by Gasteiger charge is 1.90. The van der Waals surface area contributed by atoms with Crippen LogP contribution < -0.4 is 11.1 Å². The highest BCUT2D eigenvalue weighted by atomic mass is 32.1. The van der Waals surface area contributed by atoms with Crippen LogP contribution in [0.15, 0.2) is 30.3 Å². The average molecular weight is 260 g/mol. The van der Waals surface area contributed by atoms with Gasteiger partial charge >= 0.3 is 0 Å². The molecule has 5 N–H and O–H groups in total. The summed E-state index contributed by atoms with van der Waals surface area (Å²) in [5.74, 6) is 0. The molecular weight excluding hydrogens is 244 g/mol. The summed E-state index contributed by atoms with van der Waals surface area (Å²) in [6.45, 7) is 0.580. The van der Waals surface area contributed by atoms with Gasteiger partial charge in [0.2, 0.25) is 0 Å². The predicted octanol–water partition coefficient (Wildman–Crippen LogP) is 2.04. The maximum absolute atomic E-state index is 8.63. The fourth-order valence-corrected chi connectivity index (χ4v) is 0.846. The Labute approximate surface area is 106 Å². The quantitative estimate of drug-likeness (QED) is 0.610. The molecule has 0 spiro atoms. The lowest BCUT2D eigenvalue weighted by atomic mass is 10.2. The fourth-order valence-electron chi connectivity index (χ4n) is 0.774. The summed E-state index contributed by atoms with van der Waals surface area (Å²) in [5.41, 5.74) is 5.50. The number of hydrogen-bond acceptors (Lipinski definition) is 2. The molecule has 4 nitrogen and oxygen atoms in total. The van der Waals surface area contributed by atoms with Crippen LogP contribution in [0, 0.1) is 0 Å². The Morgan fingerprint density at radius 3 is 2.00 bits per heavy atom. The maximum atomic E-state index is 8.63. The van der Waals surface area contributed by atoms with E-state index in [4.69, 9.17) is 10.2 Å². The second-order valence-electron chi connectivity index (χ2n) is 2.48. The monoisotopic (exact) mass is 260 g/mol. The summed E-state index contributed by atoms with van der Waals surface area (Å²) in [6.07, 6.45) is 0. The van der Waals surface area contributed by atoms with Gasteiger partial charge in [0, 0.05) is 6.54 Å². The molecule has 0 unspecified atom stereocenters. The van der Waals surface area contributed by atoms with Crippen molar-refractivity contribution in [3.63, 3.8) is 0 Å². The first-order valence-corrected chi connectivity index (χ1v) is 4.83. The normalized spacial score (nSPS) is 7.75. The zero-order valence-corrected chi connectivity index (χ0v) is 9.52. The van der Waals surface area contributed by atoms with Crippen molar-refractivity contribution in [1.82, 2.24) is 5.32 Å². The maximum Gasteiger partial charge on any atom is 0.254 e. The Balaban J connectivity index is 0. The number of aliphatic hydroxyl groups excluding tert-OH is 2. The van der Waals surface area contributed by atoms with Crippen LogP contribution in [0.5, 0.6) is 0 Å². The van der Waals surface area contributed by atoms with Crippen molar-refractivity contribution >= 4 is 34.8 Å². The first-order chi connectivity index (χ1) is 7.02. The van der Waals surface area contributed by atoms with Gasteiger partial charge in [-0.15, -0.1) is 0 Å².